The molecule has 0 radical (unpaired) electrons. The first-order valence-electron chi connectivity index (χ1n) is 7.63. The van der Waals surface area contributed by atoms with E-state index in [1.54, 1.807) is 11.3 Å². The fourth-order valence-electron chi connectivity index (χ4n) is 2.37. The molecule has 1 aromatic heterocycles. The number of hydrogen-bond acceptors (Lipinski definition) is 5. The van der Waals surface area contributed by atoms with E-state index in [4.69, 9.17) is 0 Å². The molecule has 0 atom stereocenters. The van der Waals surface area contributed by atoms with Crippen LogP contribution in [0.25, 0.3) is 0 Å². The summed E-state index contributed by atoms with van der Waals surface area (Å²) in [5, 5.41) is 6.74. The van der Waals surface area contributed by atoms with Crippen LogP contribution >= 0.6 is 35.3 Å². The Morgan fingerprint density at radius 3 is 2.70 bits per heavy atom. The molecule has 1 fully saturated rings. The number of piperazine rings is 1. The summed E-state index contributed by atoms with van der Waals surface area (Å²) in [6, 6.07) is 4.25. The van der Waals surface area contributed by atoms with Crippen molar-refractivity contribution in [2.75, 3.05) is 51.3 Å². The van der Waals surface area contributed by atoms with Crippen molar-refractivity contribution in [3.63, 3.8) is 0 Å². The molecule has 6 nitrogen and oxygen atoms in total. The van der Waals surface area contributed by atoms with Gasteiger partial charge in [0.15, 0.2) is 5.96 Å². The van der Waals surface area contributed by atoms with Gasteiger partial charge in [-0.3, -0.25) is 9.79 Å². The Morgan fingerprint density at radius 1 is 1.39 bits per heavy atom. The standard InChI is InChI=1S/C15H24N4O2S.HI/c1-3-16-15(17-7-6-14(20)21-2)19-10-8-18(9-11-19)13-5-4-12-22-13;/h4-5,12H,3,6-11H2,1-2H3,(H,16,17);1H. The van der Waals surface area contributed by atoms with Crippen LogP contribution in [0.3, 0.4) is 0 Å². The molecule has 2 heterocycles. The molecular weight excluding hydrogens is 427 g/mol. The quantitative estimate of drug-likeness (QED) is 0.321. The number of carbonyl (C=O) groups is 1. The van der Waals surface area contributed by atoms with Crippen molar-refractivity contribution >= 4 is 52.2 Å². The Kier molecular flexibility index (Phi) is 9.30. The van der Waals surface area contributed by atoms with Gasteiger partial charge in [-0.05, 0) is 24.4 Å². The predicted octanol–water partition coefficient (Wildman–Crippen LogP) is 2.02. The molecule has 0 bridgehead atoms. The van der Waals surface area contributed by atoms with Crippen LogP contribution < -0.4 is 10.2 Å². The smallest absolute Gasteiger partial charge is 0.307 e. The van der Waals surface area contributed by atoms with E-state index in [2.05, 4.69) is 49.3 Å². The van der Waals surface area contributed by atoms with Gasteiger partial charge in [-0.15, -0.1) is 35.3 Å². The zero-order chi connectivity index (χ0) is 15.8. The number of ether oxygens (including phenoxy) is 1. The van der Waals surface area contributed by atoms with Gasteiger partial charge in [0.2, 0.25) is 0 Å². The Labute approximate surface area is 158 Å². The van der Waals surface area contributed by atoms with Crippen molar-refractivity contribution in [1.29, 1.82) is 0 Å². The number of esters is 1. The van der Waals surface area contributed by atoms with Crippen LogP contribution in [0, 0.1) is 0 Å². The number of aliphatic imine (C=N–C) groups is 1. The van der Waals surface area contributed by atoms with Gasteiger partial charge in [-0.25, -0.2) is 0 Å². The van der Waals surface area contributed by atoms with Crippen molar-refractivity contribution in [1.82, 2.24) is 10.2 Å². The van der Waals surface area contributed by atoms with Gasteiger partial charge in [0.1, 0.15) is 0 Å². The minimum Gasteiger partial charge on any atom is -0.469 e. The summed E-state index contributed by atoms with van der Waals surface area (Å²) in [4.78, 5) is 20.4. The fraction of sp³-hybridized carbons (Fsp3) is 0.600. The molecule has 1 N–H and O–H groups in total. The van der Waals surface area contributed by atoms with Crippen LogP contribution in [0.4, 0.5) is 5.00 Å². The highest BCUT2D eigenvalue weighted by molar-refractivity contribution is 14.0. The van der Waals surface area contributed by atoms with Gasteiger partial charge in [0, 0.05) is 32.7 Å². The third kappa shape index (κ3) is 6.17. The summed E-state index contributed by atoms with van der Waals surface area (Å²) >= 11 is 1.78. The molecule has 0 amide bonds. The number of methoxy groups -OCH3 is 1. The molecule has 1 aromatic rings. The van der Waals surface area contributed by atoms with Crippen LogP contribution in [0.5, 0.6) is 0 Å². The predicted molar refractivity (Wildman–Crippen MR) is 106 cm³/mol. The van der Waals surface area contributed by atoms with E-state index >= 15 is 0 Å². The second kappa shape index (κ2) is 10.7. The van der Waals surface area contributed by atoms with E-state index in [-0.39, 0.29) is 29.9 Å². The number of thiophene rings is 1. The molecular formula is C15H25IN4O2S. The van der Waals surface area contributed by atoms with E-state index in [9.17, 15) is 4.79 Å². The summed E-state index contributed by atoms with van der Waals surface area (Å²) in [6.07, 6.45) is 0.320. The van der Waals surface area contributed by atoms with Crippen molar-refractivity contribution in [3.8, 4) is 0 Å². The first kappa shape index (κ1) is 20.0. The van der Waals surface area contributed by atoms with E-state index in [0.29, 0.717) is 13.0 Å². The van der Waals surface area contributed by atoms with E-state index in [0.717, 1.165) is 38.7 Å². The molecule has 2 rings (SSSR count). The largest absolute Gasteiger partial charge is 0.469 e. The van der Waals surface area contributed by atoms with Gasteiger partial charge in [0.25, 0.3) is 0 Å². The number of nitrogens with one attached hydrogen (secondary N) is 1. The van der Waals surface area contributed by atoms with Gasteiger partial charge in [0.05, 0.1) is 25.1 Å². The monoisotopic (exact) mass is 452 g/mol. The summed E-state index contributed by atoms with van der Waals surface area (Å²) in [5.41, 5.74) is 0. The average Bonchev–Trinajstić information content (AvgIpc) is 3.08. The SMILES string of the molecule is CCNC(=NCCC(=O)OC)N1CCN(c2cccs2)CC1.I. The van der Waals surface area contributed by atoms with Gasteiger partial charge in [-0.2, -0.15) is 0 Å². The number of halogens is 1. The Hall–Kier alpha value is -1.03. The van der Waals surface area contributed by atoms with Crippen LogP contribution in [0.15, 0.2) is 22.5 Å². The zero-order valence-electron chi connectivity index (χ0n) is 13.7. The minimum atomic E-state index is -0.220. The summed E-state index contributed by atoms with van der Waals surface area (Å²) in [7, 11) is 1.40. The highest BCUT2D eigenvalue weighted by atomic mass is 127. The normalized spacial score (nSPS) is 15.1. The van der Waals surface area contributed by atoms with Crippen LogP contribution in [-0.4, -0.2) is 63.2 Å². The molecule has 0 aromatic carbocycles. The number of carbonyl (C=O) groups excluding carboxylic acids is 1. The lowest BCUT2D eigenvalue weighted by molar-refractivity contribution is -0.140. The lowest BCUT2D eigenvalue weighted by Crippen LogP contribution is -2.52. The van der Waals surface area contributed by atoms with Gasteiger partial charge in [-0.1, -0.05) is 0 Å². The molecule has 0 saturated carbocycles. The number of rotatable bonds is 5. The first-order valence-corrected chi connectivity index (χ1v) is 8.51. The number of guanidine groups is 1. The van der Waals surface area contributed by atoms with Crippen molar-refractivity contribution in [3.05, 3.63) is 17.5 Å². The van der Waals surface area contributed by atoms with Crippen LogP contribution in [-0.2, 0) is 9.53 Å². The maximum Gasteiger partial charge on any atom is 0.307 e. The molecule has 1 aliphatic heterocycles. The molecule has 1 aliphatic rings. The van der Waals surface area contributed by atoms with E-state index in [1.165, 1.54) is 12.1 Å². The molecule has 23 heavy (non-hydrogen) atoms. The fourth-order valence-corrected chi connectivity index (χ4v) is 3.15. The maximum absolute atomic E-state index is 11.2. The second-order valence-electron chi connectivity index (χ2n) is 4.99. The third-order valence-corrected chi connectivity index (χ3v) is 4.47. The van der Waals surface area contributed by atoms with Crippen LogP contribution in [0.2, 0.25) is 0 Å². The van der Waals surface area contributed by atoms with Crippen molar-refractivity contribution in [2.24, 2.45) is 4.99 Å². The maximum atomic E-state index is 11.2. The number of hydrogen-bond donors (Lipinski definition) is 1. The minimum absolute atomic E-state index is 0. The Bertz CT molecular complexity index is 488. The highest BCUT2D eigenvalue weighted by Crippen LogP contribution is 2.22. The number of anilines is 1. The summed E-state index contributed by atoms with van der Waals surface area (Å²) < 4.78 is 4.65. The summed E-state index contributed by atoms with van der Waals surface area (Å²) in [6.45, 7) is 7.17. The van der Waals surface area contributed by atoms with Crippen molar-refractivity contribution < 1.29 is 9.53 Å². The topological polar surface area (TPSA) is 57.2 Å². The highest BCUT2D eigenvalue weighted by Gasteiger charge is 2.20. The first-order chi connectivity index (χ1) is 10.7. The van der Waals surface area contributed by atoms with Crippen molar-refractivity contribution in [2.45, 2.75) is 13.3 Å². The zero-order valence-corrected chi connectivity index (χ0v) is 16.8. The van der Waals surface area contributed by atoms with E-state index < -0.39 is 0 Å². The summed E-state index contributed by atoms with van der Waals surface area (Å²) in [5.74, 6) is 0.666. The van der Waals surface area contributed by atoms with Gasteiger partial charge >= 0.3 is 5.97 Å². The average molecular weight is 452 g/mol. The lowest BCUT2D eigenvalue weighted by Gasteiger charge is -2.37. The number of nitrogens with zero attached hydrogens (tertiary/aromatic N) is 3. The molecule has 1 saturated heterocycles. The molecule has 0 unspecified atom stereocenters. The molecule has 0 aliphatic carbocycles. The van der Waals surface area contributed by atoms with E-state index in [1.807, 2.05) is 0 Å². The Morgan fingerprint density at radius 2 is 2.13 bits per heavy atom. The third-order valence-electron chi connectivity index (χ3n) is 3.54. The molecule has 8 heteroatoms. The lowest BCUT2D eigenvalue weighted by atomic mass is 10.3. The molecule has 0 spiro atoms. The second-order valence-corrected chi connectivity index (χ2v) is 5.91. The Balaban J connectivity index is 0.00000264. The molecule has 130 valence electrons. The van der Waals surface area contributed by atoms with Crippen LogP contribution in [0.1, 0.15) is 13.3 Å². The van der Waals surface area contributed by atoms with Gasteiger partial charge < -0.3 is 19.9 Å².